The fourth-order valence-electron chi connectivity index (χ4n) is 3.16. The summed E-state index contributed by atoms with van der Waals surface area (Å²) in [5.74, 6) is 0. The summed E-state index contributed by atoms with van der Waals surface area (Å²) < 4.78 is 0. The Labute approximate surface area is 99.0 Å². The molecule has 6 nitrogen and oxygen atoms in total. The predicted octanol–water partition coefficient (Wildman–Crippen LogP) is 2.68. The monoisotopic (exact) mass is 240 g/mol. The smallest absolute Gasteiger partial charge is 0.252 e. The zero-order valence-corrected chi connectivity index (χ0v) is 9.68. The standard InChI is InChI=1S/C11H16N2O4/c14-12(15)10-6-4-8-11(13(16)17)7-3-1-2-5-9(10)11/h1-8H2. The molecule has 2 aliphatic rings. The van der Waals surface area contributed by atoms with Gasteiger partial charge in [0.15, 0.2) is 0 Å². The number of fused-ring (bicyclic) bond motifs is 1. The lowest BCUT2D eigenvalue weighted by Gasteiger charge is -2.29. The summed E-state index contributed by atoms with van der Waals surface area (Å²) in [6, 6.07) is 0. The van der Waals surface area contributed by atoms with Crippen molar-refractivity contribution in [2.75, 3.05) is 0 Å². The predicted molar refractivity (Wildman–Crippen MR) is 60.7 cm³/mol. The third-order valence-electron chi connectivity index (χ3n) is 4.00. The van der Waals surface area contributed by atoms with Crippen molar-refractivity contribution in [3.8, 4) is 0 Å². The number of rotatable bonds is 2. The fraction of sp³-hybridized carbons (Fsp3) is 0.818. The van der Waals surface area contributed by atoms with Crippen LogP contribution in [0.15, 0.2) is 11.3 Å². The first-order valence-corrected chi connectivity index (χ1v) is 6.09. The topological polar surface area (TPSA) is 86.3 Å². The Morgan fingerprint density at radius 1 is 0.941 bits per heavy atom. The largest absolute Gasteiger partial charge is 0.264 e. The molecular formula is C11H16N2O4. The summed E-state index contributed by atoms with van der Waals surface area (Å²) in [7, 11) is 0. The minimum absolute atomic E-state index is 0.120. The lowest BCUT2D eigenvalue weighted by Crippen LogP contribution is -2.43. The van der Waals surface area contributed by atoms with Gasteiger partial charge in [-0.25, -0.2) is 0 Å². The van der Waals surface area contributed by atoms with E-state index < -0.39 is 10.5 Å². The van der Waals surface area contributed by atoms with Gasteiger partial charge in [-0.3, -0.25) is 20.2 Å². The van der Waals surface area contributed by atoms with Crippen LogP contribution in [0.4, 0.5) is 0 Å². The summed E-state index contributed by atoms with van der Waals surface area (Å²) in [5.41, 5.74) is -0.497. The second-order valence-corrected chi connectivity index (χ2v) is 4.89. The molecule has 1 atom stereocenters. The van der Waals surface area contributed by atoms with Gasteiger partial charge < -0.3 is 0 Å². The normalized spacial score (nSPS) is 29.4. The molecule has 0 heterocycles. The molecule has 0 aliphatic heterocycles. The van der Waals surface area contributed by atoms with Crippen molar-refractivity contribution in [1.29, 1.82) is 0 Å². The second kappa shape index (κ2) is 4.43. The first-order valence-electron chi connectivity index (χ1n) is 6.09. The molecule has 6 heteroatoms. The summed E-state index contributed by atoms with van der Waals surface area (Å²) >= 11 is 0. The molecule has 0 aromatic rings. The van der Waals surface area contributed by atoms with Gasteiger partial charge in [-0.15, -0.1) is 0 Å². The highest BCUT2D eigenvalue weighted by molar-refractivity contribution is 5.24. The van der Waals surface area contributed by atoms with E-state index in [1.54, 1.807) is 0 Å². The van der Waals surface area contributed by atoms with Gasteiger partial charge in [-0.05, 0) is 25.7 Å². The van der Waals surface area contributed by atoms with Gasteiger partial charge in [0.05, 0.1) is 10.5 Å². The molecule has 0 bridgehead atoms. The molecule has 0 radical (unpaired) electrons. The van der Waals surface area contributed by atoms with E-state index in [0.717, 1.165) is 19.3 Å². The van der Waals surface area contributed by atoms with Crippen molar-refractivity contribution in [3.05, 3.63) is 31.5 Å². The van der Waals surface area contributed by atoms with E-state index in [4.69, 9.17) is 0 Å². The van der Waals surface area contributed by atoms with Gasteiger partial charge in [-0.1, -0.05) is 6.42 Å². The SMILES string of the molecule is O=[N+]([O-])C1=C2CCCCCC2([N+](=O)[O-])CCC1. The van der Waals surface area contributed by atoms with E-state index in [0.29, 0.717) is 37.7 Å². The third-order valence-corrected chi connectivity index (χ3v) is 4.00. The van der Waals surface area contributed by atoms with Gasteiger partial charge in [0.1, 0.15) is 0 Å². The van der Waals surface area contributed by atoms with Crippen LogP contribution in [-0.4, -0.2) is 15.4 Å². The molecule has 17 heavy (non-hydrogen) atoms. The van der Waals surface area contributed by atoms with E-state index >= 15 is 0 Å². The van der Waals surface area contributed by atoms with Crippen LogP contribution in [0.25, 0.3) is 0 Å². The minimum Gasteiger partial charge on any atom is -0.264 e. The molecule has 2 aliphatic carbocycles. The maximum absolute atomic E-state index is 11.4. The average molecular weight is 240 g/mol. The van der Waals surface area contributed by atoms with Gasteiger partial charge in [0.2, 0.25) is 5.54 Å². The Bertz CT molecular complexity index is 391. The van der Waals surface area contributed by atoms with Crippen LogP contribution in [0.2, 0.25) is 0 Å². The van der Waals surface area contributed by atoms with E-state index in [-0.39, 0.29) is 10.6 Å². The first kappa shape index (κ1) is 12.0. The zero-order valence-electron chi connectivity index (χ0n) is 9.68. The second-order valence-electron chi connectivity index (χ2n) is 4.89. The van der Waals surface area contributed by atoms with Gasteiger partial charge in [0.25, 0.3) is 5.70 Å². The Hall–Kier alpha value is -1.46. The first-order chi connectivity index (χ1) is 8.08. The molecule has 0 spiro atoms. The average Bonchev–Trinajstić information content (AvgIpc) is 2.50. The lowest BCUT2D eigenvalue weighted by molar-refractivity contribution is -0.565. The quantitative estimate of drug-likeness (QED) is 0.548. The fourth-order valence-corrected chi connectivity index (χ4v) is 3.16. The highest BCUT2D eigenvalue weighted by atomic mass is 16.6. The molecule has 2 rings (SSSR count). The van der Waals surface area contributed by atoms with Crippen LogP contribution >= 0.6 is 0 Å². The van der Waals surface area contributed by atoms with Crippen LogP contribution < -0.4 is 0 Å². The number of nitro groups is 2. The lowest BCUT2D eigenvalue weighted by atomic mass is 9.76. The van der Waals surface area contributed by atoms with E-state index in [9.17, 15) is 20.2 Å². The van der Waals surface area contributed by atoms with Crippen molar-refractivity contribution < 1.29 is 9.85 Å². The van der Waals surface area contributed by atoms with Crippen LogP contribution in [0.3, 0.4) is 0 Å². The van der Waals surface area contributed by atoms with E-state index in [1.807, 2.05) is 0 Å². The van der Waals surface area contributed by atoms with Gasteiger partial charge in [-0.2, -0.15) is 0 Å². The highest BCUT2D eigenvalue weighted by Gasteiger charge is 2.52. The molecule has 0 N–H and O–H groups in total. The molecule has 0 saturated heterocycles. The molecule has 0 aromatic heterocycles. The summed E-state index contributed by atoms with van der Waals surface area (Å²) in [5, 5.41) is 22.4. The molecule has 1 saturated carbocycles. The third kappa shape index (κ3) is 1.92. The minimum atomic E-state index is -1.13. The molecule has 94 valence electrons. The zero-order chi connectivity index (χ0) is 12.5. The van der Waals surface area contributed by atoms with Gasteiger partial charge in [0, 0.05) is 24.2 Å². The van der Waals surface area contributed by atoms with Gasteiger partial charge >= 0.3 is 0 Å². The van der Waals surface area contributed by atoms with Crippen LogP contribution in [0, 0.1) is 20.2 Å². The number of allylic oxidation sites excluding steroid dienone is 1. The Balaban J connectivity index is 2.52. The number of hydrogen-bond acceptors (Lipinski definition) is 4. The Kier molecular flexibility index (Phi) is 3.13. The van der Waals surface area contributed by atoms with E-state index in [2.05, 4.69) is 0 Å². The van der Waals surface area contributed by atoms with Crippen molar-refractivity contribution >= 4 is 0 Å². The summed E-state index contributed by atoms with van der Waals surface area (Å²) in [6.45, 7) is 0. The van der Waals surface area contributed by atoms with Crippen LogP contribution in [-0.2, 0) is 0 Å². The maximum atomic E-state index is 11.4. The highest BCUT2D eigenvalue weighted by Crippen LogP contribution is 2.44. The summed E-state index contributed by atoms with van der Waals surface area (Å²) in [6.07, 6.45) is 4.97. The number of hydrogen-bond donors (Lipinski definition) is 0. The molecule has 0 amide bonds. The van der Waals surface area contributed by atoms with Crippen molar-refractivity contribution in [2.45, 2.75) is 56.9 Å². The van der Waals surface area contributed by atoms with Crippen molar-refractivity contribution in [3.63, 3.8) is 0 Å². The Morgan fingerprint density at radius 3 is 2.29 bits per heavy atom. The molecule has 0 aromatic carbocycles. The van der Waals surface area contributed by atoms with Crippen LogP contribution in [0.1, 0.15) is 51.4 Å². The molecular weight excluding hydrogens is 224 g/mol. The molecule has 1 unspecified atom stereocenters. The van der Waals surface area contributed by atoms with Crippen molar-refractivity contribution in [1.82, 2.24) is 0 Å². The van der Waals surface area contributed by atoms with E-state index in [1.165, 1.54) is 0 Å². The van der Waals surface area contributed by atoms with Crippen LogP contribution in [0.5, 0.6) is 0 Å². The molecule has 1 fully saturated rings. The number of nitrogens with zero attached hydrogens (tertiary/aromatic N) is 2. The summed E-state index contributed by atoms with van der Waals surface area (Å²) in [4.78, 5) is 21.7. The van der Waals surface area contributed by atoms with Crippen molar-refractivity contribution in [2.24, 2.45) is 0 Å². The maximum Gasteiger partial charge on any atom is 0.252 e. The Morgan fingerprint density at radius 2 is 1.65 bits per heavy atom.